The lowest BCUT2D eigenvalue weighted by Crippen LogP contribution is -2.03. The molecule has 0 amide bonds. The zero-order valence-electron chi connectivity index (χ0n) is 7.72. The van der Waals surface area contributed by atoms with Crippen LogP contribution in [0, 0.1) is 0 Å². The quantitative estimate of drug-likeness (QED) is 0.755. The van der Waals surface area contributed by atoms with Crippen LogP contribution in [0.1, 0.15) is 23.7 Å². The van der Waals surface area contributed by atoms with Crippen LogP contribution in [0.25, 0.3) is 0 Å². The SMILES string of the molecule is CC(c1nc(CCl)cs1)n1ccnc1. The maximum atomic E-state index is 5.69. The molecule has 0 bridgehead atoms. The first-order valence-electron chi connectivity index (χ1n) is 4.29. The van der Waals surface area contributed by atoms with E-state index in [0.717, 1.165) is 10.7 Å². The maximum absolute atomic E-state index is 5.69. The molecular formula is C9H10ClN3S. The number of rotatable bonds is 3. The predicted octanol–water partition coefficient (Wildman–Crippen LogP) is 2.69. The molecule has 0 aliphatic rings. The summed E-state index contributed by atoms with van der Waals surface area (Å²) in [7, 11) is 0. The molecular weight excluding hydrogens is 218 g/mol. The lowest BCUT2D eigenvalue weighted by Gasteiger charge is -2.08. The number of alkyl halides is 1. The molecule has 0 N–H and O–H groups in total. The Morgan fingerprint density at radius 2 is 2.50 bits per heavy atom. The van der Waals surface area contributed by atoms with Gasteiger partial charge < -0.3 is 4.57 Å². The van der Waals surface area contributed by atoms with Gasteiger partial charge in [0.15, 0.2) is 0 Å². The normalized spacial score (nSPS) is 13.0. The molecule has 74 valence electrons. The van der Waals surface area contributed by atoms with Crippen LogP contribution in [0.4, 0.5) is 0 Å². The van der Waals surface area contributed by atoms with Crippen molar-refractivity contribution in [2.45, 2.75) is 18.8 Å². The van der Waals surface area contributed by atoms with Crippen molar-refractivity contribution in [2.75, 3.05) is 0 Å². The lowest BCUT2D eigenvalue weighted by atomic mass is 10.3. The highest BCUT2D eigenvalue weighted by Gasteiger charge is 2.10. The zero-order chi connectivity index (χ0) is 9.97. The summed E-state index contributed by atoms with van der Waals surface area (Å²) in [4.78, 5) is 8.43. The van der Waals surface area contributed by atoms with Crippen molar-refractivity contribution >= 4 is 22.9 Å². The average molecular weight is 228 g/mol. The Bertz CT molecular complexity index is 396. The molecule has 0 aliphatic carbocycles. The van der Waals surface area contributed by atoms with Gasteiger partial charge in [-0.25, -0.2) is 9.97 Å². The van der Waals surface area contributed by atoms with Crippen LogP contribution in [-0.4, -0.2) is 14.5 Å². The Morgan fingerprint density at radius 1 is 1.64 bits per heavy atom. The molecule has 3 nitrogen and oxygen atoms in total. The second-order valence-electron chi connectivity index (χ2n) is 3.00. The van der Waals surface area contributed by atoms with Crippen molar-refractivity contribution in [2.24, 2.45) is 0 Å². The molecule has 0 radical (unpaired) electrons. The van der Waals surface area contributed by atoms with E-state index in [2.05, 4.69) is 16.9 Å². The average Bonchev–Trinajstić information content (AvgIpc) is 2.88. The summed E-state index contributed by atoms with van der Waals surface area (Å²) in [6.07, 6.45) is 5.51. The first-order chi connectivity index (χ1) is 6.81. The minimum Gasteiger partial charge on any atom is -0.328 e. The summed E-state index contributed by atoms with van der Waals surface area (Å²) in [6.45, 7) is 2.10. The molecule has 0 spiro atoms. The van der Waals surface area contributed by atoms with Gasteiger partial charge in [0, 0.05) is 17.8 Å². The van der Waals surface area contributed by atoms with Gasteiger partial charge in [0.25, 0.3) is 0 Å². The lowest BCUT2D eigenvalue weighted by molar-refractivity contribution is 0.632. The van der Waals surface area contributed by atoms with Crippen molar-refractivity contribution in [3.8, 4) is 0 Å². The van der Waals surface area contributed by atoms with Gasteiger partial charge in [-0.2, -0.15) is 0 Å². The van der Waals surface area contributed by atoms with Crippen molar-refractivity contribution in [1.82, 2.24) is 14.5 Å². The summed E-state index contributed by atoms with van der Waals surface area (Å²) in [5.74, 6) is 0.479. The predicted molar refractivity (Wildman–Crippen MR) is 57.7 cm³/mol. The standard InChI is InChI=1S/C9H10ClN3S/c1-7(13-3-2-11-6-13)9-12-8(4-10)5-14-9/h2-3,5-7H,4H2,1H3. The molecule has 2 rings (SSSR count). The summed E-state index contributed by atoms with van der Waals surface area (Å²) >= 11 is 7.33. The van der Waals surface area contributed by atoms with E-state index in [1.807, 2.05) is 16.1 Å². The third-order valence-corrected chi connectivity index (χ3v) is 3.37. The second-order valence-corrected chi connectivity index (χ2v) is 4.15. The van der Waals surface area contributed by atoms with Crippen molar-refractivity contribution in [3.63, 3.8) is 0 Å². The highest BCUT2D eigenvalue weighted by atomic mass is 35.5. The summed E-state index contributed by atoms with van der Waals surface area (Å²) in [5.41, 5.74) is 0.943. The van der Waals surface area contributed by atoms with Crippen molar-refractivity contribution < 1.29 is 0 Å². The van der Waals surface area contributed by atoms with Crippen LogP contribution < -0.4 is 0 Å². The van der Waals surface area contributed by atoms with Gasteiger partial charge in [-0.3, -0.25) is 0 Å². The van der Waals surface area contributed by atoms with Crippen LogP contribution in [0.3, 0.4) is 0 Å². The van der Waals surface area contributed by atoms with Gasteiger partial charge in [-0.15, -0.1) is 22.9 Å². The van der Waals surface area contributed by atoms with Crippen LogP contribution in [-0.2, 0) is 5.88 Å². The Hall–Kier alpha value is -0.870. The Morgan fingerprint density at radius 3 is 3.07 bits per heavy atom. The molecule has 0 fully saturated rings. The van der Waals surface area contributed by atoms with Gasteiger partial charge in [-0.1, -0.05) is 0 Å². The number of hydrogen-bond donors (Lipinski definition) is 0. The fourth-order valence-electron chi connectivity index (χ4n) is 1.20. The molecule has 0 aromatic carbocycles. The molecule has 1 atom stereocenters. The van der Waals surface area contributed by atoms with Crippen molar-refractivity contribution in [3.05, 3.63) is 34.8 Å². The largest absolute Gasteiger partial charge is 0.328 e. The highest BCUT2D eigenvalue weighted by Crippen LogP contribution is 2.22. The molecule has 0 saturated carbocycles. The molecule has 2 heterocycles. The smallest absolute Gasteiger partial charge is 0.116 e. The molecule has 0 aliphatic heterocycles. The van der Waals surface area contributed by atoms with E-state index in [1.54, 1.807) is 23.9 Å². The molecule has 2 aromatic heterocycles. The van der Waals surface area contributed by atoms with Crippen LogP contribution in [0.2, 0.25) is 0 Å². The first-order valence-corrected chi connectivity index (χ1v) is 5.70. The van der Waals surface area contributed by atoms with E-state index in [4.69, 9.17) is 11.6 Å². The molecule has 1 unspecified atom stereocenters. The Kier molecular flexibility index (Phi) is 2.84. The van der Waals surface area contributed by atoms with E-state index in [9.17, 15) is 0 Å². The minimum atomic E-state index is 0.236. The first kappa shape index (κ1) is 9.68. The second kappa shape index (κ2) is 4.11. The fourth-order valence-corrected chi connectivity index (χ4v) is 2.31. The summed E-state index contributed by atoms with van der Waals surface area (Å²) < 4.78 is 2.02. The van der Waals surface area contributed by atoms with Crippen LogP contribution in [0.15, 0.2) is 24.1 Å². The molecule has 14 heavy (non-hydrogen) atoms. The highest BCUT2D eigenvalue weighted by molar-refractivity contribution is 7.09. The minimum absolute atomic E-state index is 0.236. The van der Waals surface area contributed by atoms with Gasteiger partial charge >= 0.3 is 0 Å². The van der Waals surface area contributed by atoms with Gasteiger partial charge in [-0.05, 0) is 6.92 Å². The number of imidazole rings is 1. The van der Waals surface area contributed by atoms with Gasteiger partial charge in [0.05, 0.1) is 23.9 Å². The van der Waals surface area contributed by atoms with Gasteiger partial charge in [0.1, 0.15) is 5.01 Å². The third-order valence-electron chi connectivity index (χ3n) is 2.04. The van der Waals surface area contributed by atoms with E-state index in [-0.39, 0.29) is 6.04 Å². The summed E-state index contributed by atoms with van der Waals surface area (Å²) in [5, 5.41) is 3.06. The maximum Gasteiger partial charge on any atom is 0.116 e. The van der Waals surface area contributed by atoms with E-state index >= 15 is 0 Å². The van der Waals surface area contributed by atoms with E-state index in [1.165, 1.54) is 0 Å². The number of hydrogen-bond acceptors (Lipinski definition) is 3. The molecule has 2 aromatic rings. The Balaban J connectivity index is 2.23. The number of halogens is 1. The molecule has 5 heteroatoms. The van der Waals surface area contributed by atoms with Gasteiger partial charge in [0.2, 0.25) is 0 Å². The Labute approximate surface area is 91.4 Å². The number of nitrogens with zero attached hydrogens (tertiary/aromatic N) is 3. The fraction of sp³-hybridized carbons (Fsp3) is 0.333. The van der Waals surface area contributed by atoms with E-state index < -0.39 is 0 Å². The van der Waals surface area contributed by atoms with E-state index in [0.29, 0.717) is 5.88 Å². The monoisotopic (exact) mass is 227 g/mol. The zero-order valence-corrected chi connectivity index (χ0v) is 9.29. The topological polar surface area (TPSA) is 30.7 Å². The number of thiazole rings is 1. The number of aromatic nitrogens is 3. The third kappa shape index (κ3) is 1.81. The van der Waals surface area contributed by atoms with Crippen molar-refractivity contribution in [1.29, 1.82) is 0 Å². The molecule has 0 saturated heterocycles. The summed E-state index contributed by atoms with van der Waals surface area (Å²) in [6, 6.07) is 0.236. The van der Waals surface area contributed by atoms with Crippen LogP contribution in [0.5, 0.6) is 0 Å². The van der Waals surface area contributed by atoms with Crippen LogP contribution >= 0.6 is 22.9 Å².